The van der Waals surface area contributed by atoms with E-state index in [0.717, 1.165) is 83.2 Å². The van der Waals surface area contributed by atoms with Crippen molar-refractivity contribution < 1.29 is 4.42 Å². The van der Waals surface area contributed by atoms with Gasteiger partial charge in [0.25, 0.3) is 0 Å². The van der Waals surface area contributed by atoms with Crippen LogP contribution in [0, 0.1) is 0 Å². The summed E-state index contributed by atoms with van der Waals surface area (Å²) in [6.07, 6.45) is 0. The standard InChI is InChI=1S/C60H36N4O/c1-3-15-38(16-4-1)59-61-50-23-11-9-21-46(50)60(62-59)64-53-30-27-39(34-48(53)57-43-19-8-7-14-37(43)26-32-54(57)64)40-29-33-55-49(35-40)58-44(22-13-25-56(58)65-55)41-28-31-52-47(36-41)45-20-10-12-24-51(45)63(52)42-17-5-2-6-18-42/h1-36H. The first-order valence-electron chi connectivity index (χ1n) is 22.1. The van der Waals surface area contributed by atoms with Crippen LogP contribution >= 0.6 is 0 Å². The highest BCUT2D eigenvalue weighted by Crippen LogP contribution is 2.43. The summed E-state index contributed by atoms with van der Waals surface area (Å²) in [5.41, 5.74) is 13.9. The highest BCUT2D eigenvalue weighted by atomic mass is 16.3. The number of benzene rings is 10. The first kappa shape index (κ1) is 35.8. The highest BCUT2D eigenvalue weighted by Gasteiger charge is 2.21. The third-order valence-electron chi connectivity index (χ3n) is 13.3. The summed E-state index contributed by atoms with van der Waals surface area (Å²) in [6, 6.07) is 77.9. The lowest BCUT2D eigenvalue weighted by atomic mass is 9.96. The van der Waals surface area contributed by atoms with E-state index in [1.807, 2.05) is 24.3 Å². The number of para-hydroxylation sites is 3. The molecule has 4 heterocycles. The number of fused-ring (bicyclic) bond motifs is 12. The Labute approximate surface area is 372 Å². The second-order valence-electron chi connectivity index (χ2n) is 16.9. The van der Waals surface area contributed by atoms with Gasteiger partial charge in [-0.05, 0) is 112 Å². The molecule has 65 heavy (non-hydrogen) atoms. The average Bonchev–Trinajstić information content (AvgIpc) is 4.03. The minimum Gasteiger partial charge on any atom is -0.456 e. The van der Waals surface area contributed by atoms with Crippen molar-refractivity contribution >= 4 is 87.2 Å². The average molecular weight is 829 g/mol. The van der Waals surface area contributed by atoms with Crippen LogP contribution in [0.3, 0.4) is 0 Å². The van der Waals surface area contributed by atoms with Crippen LogP contribution in [-0.4, -0.2) is 19.1 Å². The molecule has 0 spiro atoms. The summed E-state index contributed by atoms with van der Waals surface area (Å²) >= 11 is 0. The van der Waals surface area contributed by atoms with Crippen molar-refractivity contribution in [2.75, 3.05) is 0 Å². The molecular formula is C60H36N4O. The molecule has 0 unspecified atom stereocenters. The van der Waals surface area contributed by atoms with Gasteiger partial charge in [0.1, 0.15) is 17.0 Å². The maximum atomic E-state index is 6.61. The number of nitrogens with zero attached hydrogens (tertiary/aromatic N) is 4. The third-order valence-corrected chi connectivity index (χ3v) is 13.3. The Kier molecular flexibility index (Phi) is 7.62. The minimum atomic E-state index is 0.700. The van der Waals surface area contributed by atoms with E-state index in [0.29, 0.717) is 5.82 Å². The molecule has 5 heteroatoms. The monoisotopic (exact) mass is 828 g/mol. The predicted octanol–water partition coefficient (Wildman–Crippen LogP) is 15.9. The van der Waals surface area contributed by atoms with Crippen LogP contribution in [0.15, 0.2) is 223 Å². The molecule has 0 N–H and O–H groups in total. The molecule has 0 atom stereocenters. The molecule has 0 amide bonds. The van der Waals surface area contributed by atoms with Gasteiger partial charge in [-0.25, -0.2) is 9.97 Å². The zero-order chi connectivity index (χ0) is 42.6. The van der Waals surface area contributed by atoms with E-state index >= 15 is 0 Å². The van der Waals surface area contributed by atoms with E-state index in [4.69, 9.17) is 14.4 Å². The Hall–Kier alpha value is -8.80. The van der Waals surface area contributed by atoms with Crippen LogP contribution in [-0.2, 0) is 0 Å². The molecule has 4 aromatic heterocycles. The molecule has 14 rings (SSSR count). The number of furan rings is 1. The summed E-state index contributed by atoms with van der Waals surface area (Å²) in [5, 5.41) is 10.4. The molecular weight excluding hydrogens is 793 g/mol. The van der Waals surface area contributed by atoms with Gasteiger partial charge in [-0.1, -0.05) is 140 Å². The normalized spacial score (nSPS) is 12.0. The first-order valence-corrected chi connectivity index (χ1v) is 22.1. The predicted molar refractivity (Wildman–Crippen MR) is 269 cm³/mol. The molecule has 0 aliphatic heterocycles. The van der Waals surface area contributed by atoms with E-state index in [9.17, 15) is 0 Å². The lowest BCUT2D eigenvalue weighted by Gasteiger charge is -2.13. The van der Waals surface area contributed by atoms with Gasteiger partial charge in [0.2, 0.25) is 0 Å². The Morgan fingerprint density at radius 3 is 1.85 bits per heavy atom. The molecule has 0 aliphatic rings. The third kappa shape index (κ3) is 5.39. The Bertz CT molecular complexity index is 4240. The van der Waals surface area contributed by atoms with Crippen molar-refractivity contribution in [3.05, 3.63) is 218 Å². The molecule has 0 fully saturated rings. The van der Waals surface area contributed by atoms with E-state index < -0.39 is 0 Å². The molecule has 0 bridgehead atoms. The van der Waals surface area contributed by atoms with Gasteiger partial charge in [-0.2, -0.15) is 0 Å². The largest absolute Gasteiger partial charge is 0.456 e. The smallest absolute Gasteiger partial charge is 0.162 e. The Morgan fingerprint density at radius 1 is 0.338 bits per heavy atom. The Morgan fingerprint density at radius 2 is 0.985 bits per heavy atom. The maximum Gasteiger partial charge on any atom is 0.162 e. The van der Waals surface area contributed by atoms with Crippen LogP contribution in [0.25, 0.3) is 132 Å². The van der Waals surface area contributed by atoms with E-state index in [1.54, 1.807) is 0 Å². The summed E-state index contributed by atoms with van der Waals surface area (Å²) in [6.45, 7) is 0. The van der Waals surface area contributed by atoms with E-state index in [-0.39, 0.29) is 0 Å². The molecule has 14 aromatic rings. The van der Waals surface area contributed by atoms with Crippen molar-refractivity contribution in [3.63, 3.8) is 0 Å². The molecule has 302 valence electrons. The minimum absolute atomic E-state index is 0.700. The number of hydrogen-bond donors (Lipinski definition) is 0. The zero-order valence-electron chi connectivity index (χ0n) is 35.0. The lowest BCUT2D eigenvalue weighted by molar-refractivity contribution is 0.669. The summed E-state index contributed by atoms with van der Waals surface area (Å²) < 4.78 is 11.3. The second-order valence-corrected chi connectivity index (χ2v) is 16.9. The first-order chi connectivity index (χ1) is 32.2. The fourth-order valence-corrected chi connectivity index (χ4v) is 10.4. The number of hydrogen-bond acceptors (Lipinski definition) is 3. The molecule has 5 nitrogen and oxygen atoms in total. The SMILES string of the molecule is c1ccc(-c2nc(-n3c4ccc(-c5ccc6oc7cccc(-c8ccc9c(c8)c8ccccc8n9-c8ccccc8)c7c6c5)cc4c4c5ccccc5ccc43)c3ccccc3n2)cc1. The van der Waals surface area contributed by atoms with Crippen molar-refractivity contribution in [1.82, 2.24) is 19.1 Å². The maximum absolute atomic E-state index is 6.61. The lowest BCUT2D eigenvalue weighted by Crippen LogP contribution is -2.02. The molecule has 0 saturated heterocycles. The topological polar surface area (TPSA) is 48.8 Å². The summed E-state index contributed by atoms with van der Waals surface area (Å²) in [7, 11) is 0. The molecule has 0 aliphatic carbocycles. The van der Waals surface area contributed by atoms with E-state index in [2.05, 4.69) is 203 Å². The molecule has 0 radical (unpaired) electrons. The molecule has 0 saturated carbocycles. The van der Waals surface area contributed by atoms with Crippen LogP contribution < -0.4 is 0 Å². The van der Waals surface area contributed by atoms with Crippen LogP contribution in [0.2, 0.25) is 0 Å². The van der Waals surface area contributed by atoms with Crippen LogP contribution in [0.4, 0.5) is 0 Å². The quantitative estimate of drug-likeness (QED) is 0.174. The van der Waals surface area contributed by atoms with Gasteiger partial charge in [-0.3, -0.25) is 4.57 Å². The van der Waals surface area contributed by atoms with Crippen molar-refractivity contribution in [3.8, 4) is 45.1 Å². The fraction of sp³-hybridized carbons (Fsp3) is 0. The number of aromatic nitrogens is 4. The van der Waals surface area contributed by atoms with Crippen LogP contribution in [0.1, 0.15) is 0 Å². The summed E-state index contributed by atoms with van der Waals surface area (Å²) in [5.74, 6) is 1.56. The van der Waals surface area contributed by atoms with E-state index in [1.165, 1.54) is 43.4 Å². The van der Waals surface area contributed by atoms with Crippen molar-refractivity contribution in [1.29, 1.82) is 0 Å². The van der Waals surface area contributed by atoms with Gasteiger partial charge in [0, 0.05) is 49.0 Å². The summed E-state index contributed by atoms with van der Waals surface area (Å²) in [4.78, 5) is 10.4. The van der Waals surface area contributed by atoms with Gasteiger partial charge >= 0.3 is 0 Å². The fourth-order valence-electron chi connectivity index (χ4n) is 10.4. The number of rotatable bonds is 5. The highest BCUT2D eigenvalue weighted by molar-refractivity contribution is 6.22. The second kappa shape index (κ2) is 13.9. The van der Waals surface area contributed by atoms with Gasteiger partial charge in [0.05, 0.1) is 27.6 Å². The van der Waals surface area contributed by atoms with Crippen molar-refractivity contribution in [2.45, 2.75) is 0 Å². The van der Waals surface area contributed by atoms with Crippen molar-refractivity contribution in [2.24, 2.45) is 0 Å². The van der Waals surface area contributed by atoms with Gasteiger partial charge in [0.15, 0.2) is 5.82 Å². The van der Waals surface area contributed by atoms with Crippen LogP contribution in [0.5, 0.6) is 0 Å². The van der Waals surface area contributed by atoms with Gasteiger partial charge < -0.3 is 8.98 Å². The Balaban J connectivity index is 0.970. The zero-order valence-corrected chi connectivity index (χ0v) is 35.0. The molecule has 10 aromatic carbocycles. The van der Waals surface area contributed by atoms with Gasteiger partial charge in [-0.15, -0.1) is 0 Å².